The Morgan fingerprint density at radius 1 is 1.38 bits per heavy atom. The van der Waals surface area contributed by atoms with Crippen molar-refractivity contribution < 1.29 is 18.7 Å². The van der Waals surface area contributed by atoms with E-state index in [9.17, 15) is 9.67 Å². The molecule has 1 N–H and O–H groups in total. The molecule has 0 unspecified atom stereocenters. The molecule has 16 heavy (non-hydrogen) atoms. The first-order valence-electron chi connectivity index (χ1n) is 5.05. The van der Waals surface area contributed by atoms with Crippen LogP contribution in [0.1, 0.15) is 20.8 Å². The molecule has 0 atom stereocenters. The molecule has 6 heteroatoms. The molecule has 0 fully saturated rings. The highest BCUT2D eigenvalue weighted by Crippen LogP contribution is 2.55. The molecule has 0 aliphatic carbocycles. The van der Waals surface area contributed by atoms with Crippen LogP contribution < -0.4 is 0 Å². The first-order valence-corrected chi connectivity index (χ1v) is 7.13. The molecule has 0 radical (unpaired) electrons. The highest BCUT2D eigenvalue weighted by molar-refractivity contribution is 7.58. The van der Waals surface area contributed by atoms with Crippen LogP contribution in [0, 0.1) is 0 Å². The Morgan fingerprint density at radius 3 is 2.19 bits per heavy atom. The highest BCUT2D eigenvalue weighted by Gasteiger charge is 2.29. The molecule has 0 rings (SSSR count). The summed E-state index contributed by atoms with van der Waals surface area (Å²) in [6, 6.07) is 0. The second kappa shape index (κ2) is 8.08. The number of rotatable bonds is 7. The van der Waals surface area contributed by atoms with E-state index in [2.05, 4.69) is 5.73 Å². The second-order valence-electron chi connectivity index (χ2n) is 2.98. The van der Waals surface area contributed by atoms with Gasteiger partial charge in [0.2, 0.25) is 0 Å². The molecule has 0 aromatic rings. The van der Waals surface area contributed by atoms with Gasteiger partial charge in [-0.2, -0.15) is 0 Å². The van der Waals surface area contributed by atoms with Crippen molar-refractivity contribution in [2.75, 3.05) is 25.7 Å². The quantitative estimate of drug-likeness (QED) is 0.438. The van der Waals surface area contributed by atoms with Gasteiger partial charge in [-0.3, -0.25) is 4.57 Å². The molecule has 94 valence electrons. The van der Waals surface area contributed by atoms with E-state index >= 15 is 0 Å². The third-order valence-corrected chi connectivity index (χ3v) is 4.15. The van der Waals surface area contributed by atoms with Gasteiger partial charge in [0.05, 0.1) is 25.7 Å². The molecular formula is C10H18ClO4P. The molecule has 0 spiro atoms. The SMILES string of the molecule is CCOP(=O)(OCC)C(=C=C(C)CCl)CO. The van der Waals surface area contributed by atoms with Crippen LogP contribution in [0.25, 0.3) is 0 Å². The Labute approximate surface area is 101 Å². The topological polar surface area (TPSA) is 55.8 Å². The fourth-order valence-corrected chi connectivity index (χ4v) is 2.64. The molecule has 0 aliphatic rings. The number of aliphatic hydroxyl groups is 1. The Balaban J connectivity index is 5.31. The lowest BCUT2D eigenvalue weighted by molar-refractivity contribution is 0.220. The maximum atomic E-state index is 12.2. The Hall–Kier alpha value is -0.0800. The third kappa shape index (κ3) is 4.84. The Bertz CT molecular complexity index is 311. The summed E-state index contributed by atoms with van der Waals surface area (Å²) >= 11 is 5.59. The van der Waals surface area contributed by atoms with Crippen molar-refractivity contribution in [1.29, 1.82) is 0 Å². The van der Waals surface area contributed by atoms with Gasteiger partial charge in [0.1, 0.15) is 5.31 Å². The number of hydrogen-bond donors (Lipinski definition) is 1. The summed E-state index contributed by atoms with van der Waals surface area (Å²) in [5.74, 6) is 0.252. The third-order valence-electron chi connectivity index (χ3n) is 1.64. The van der Waals surface area contributed by atoms with E-state index in [0.717, 1.165) is 0 Å². The lowest BCUT2D eigenvalue weighted by Crippen LogP contribution is -2.01. The summed E-state index contributed by atoms with van der Waals surface area (Å²) in [7, 11) is -3.42. The van der Waals surface area contributed by atoms with Gasteiger partial charge in [-0.25, -0.2) is 0 Å². The van der Waals surface area contributed by atoms with Crippen LogP contribution in [-0.2, 0) is 13.6 Å². The van der Waals surface area contributed by atoms with Gasteiger partial charge < -0.3 is 14.2 Å². The van der Waals surface area contributed by atoms with Crippen LogP contribution in [0.3, 0.4) is 0 Å². The normalized spacial score (nSPS) is 11.1. The van der Waals surface area contributed by atoms with E-state index in [1.54, 1.807) is 20.8 Å². The van der Waals surface area contributed by atoms with Gasteiger partial charge in [0.25, 0.3) is 0 Å². The van der Waals surface area contributed by atoms with E-state index in [1.807, 2.05) is 0 Å². The van der Waals surface area contributed by atoms with Gasteiger partial charge in [0.15, 0.2) is 0 Å². The van der Waals surface area contributed by atoms with E-state index < -0.39 is 14.2 Å². The Morgan fingerprint density at radius 2 is 1.88 bits per heavy atom. The van der Waals surface area contributed by atoms with E-state index in [-0.39, 0.29) is 24.4 Å². The maximum Gasteiger partial charge on any atom is 0.367 e. The number of alkyl halides is 1. The fourth-order valence-electron chi connectivity index (χ4n) is 1.01. The molecule has 0 aliphatic heterocycles. The van der Waals surface area contributed by atoms with Crippen LogP contribution in [-0.4, -0.2) is 30.8 Å². The molecule has 0 aromatic carbocycles. The summed E-state index contributed by atoms with van der Waals surface area (Å²) < 4.78 is 22.4. The van der Waals surface area contributed by atoms with Gasteiger partial charge in [0, 0.05) is 0 Å². The minimum atomic E-state index is -3.42. The Kier molecular flexibility index (Phi) is 8.04. The van der Waals surface area contributed by atoms with Crippen LogP contribution >= 0.6 is 19.2 Å². The summed E-state index contributed by atoms with van der Waals surface area (Å²) in [5.41, 5.74) is 3.44. The van der Waals surface area contributed by atoms with Crippen molar-refractivity contribution in [3.8, 4) is 0 Å². The van der Waals surface area contributed by atoms with Crippen molar-refractivity contribution in [2.45, 2.75) is 20.8 Å². The van der Waals surface area contributed by atoms with Crippen LogP contribution in [0.15, 0.2) is 16.6 Å². The largest absolute Gasteiger partial charge is 0.391 e. The first kappa shape index (κ1) is 15.9. The summed E-state index contributed by atoms with van der Waals surface area (Å²) in [6.07, 6.45) is 0. The van der Waals surface area contributed by atoms with Crippen molar-refractivity contribution in [3.05, 3.63) is 16.6 Å². The number of hydrogen-bond acceptors (Lipinski definition) is 4. The molecule has 4 nitrogen and oxygen atoms in total. The summed E-state index contributed by atoms with van der Waals surface area (Å²) in [6.45, 7) is 5.19. The van der Waals surface area contributed by atoms with Crippen LogP contribution in [0.4, 0.5) is 0 Å². The van der Waals surface area contributed by atoms with Gasteiger partial charge in [-0.15, -0.1) is 17.3 Å². The zero-order chi connectivity index (χ0) is 12.6. The first-order chi connectivity index (χ1) is 7.53. The van der Waals surface area contributed by atoms with Crippen LogP contribution in [0.2, 0.25) is 0 Å². The van der Waals surface area contributed by atoms with Gasteiger partial charge >= 0.3 is 7.60 Å². The lowest BCUT2D eigenvalue weighted by atomic mass is 10.4. The average Bonchev–Trinajstić information content (AvgIpc) is 2.25. The molecule has 0 bridgehead atoms. The fraction of sp³-hybridized carbons (Fsp3) is 0.700. The lowest BCUT2D eigenvalue weighted by Gasteiger charge is -2.17. The minimum Gasteiger partial charge on any atom is -0.391 e. The number of aliphatic hydroxyl groups excluding tert-OH is 1. The summed E-state index contributed by atoms with van der Waals surface area (Å²) in [5, 5.41) is 9.29. The monoisotopic (exact) mass is 268 g/mol. The molecule has 0 saturated carbocycles. The van der Waals surface area contributed by atoms with Gasteiger partial charge in [-0.1, -0.05) is 0 Å². The van der Waals surface area contributed by atoms with Crippen molar-refractivity contribution in [2.24, 2.45) is 0 Å². The molecule has 0 saturated heterocycles. The smallest absolute Gasteiger partial charge is 0.367 e. The van der Waals surface area contributed by atoms with E-state index in [0.29, 0.717) is 5.57 Å². The van der Waals surface area contributed by atoms with E-state index in [4.69, 9.17) is 20.6 Å². The van der Waals surface area contributed by atoms with Crippen molar-refractivity contribution in [3.63, 3.8) is 0 Å². The van der Waals surface area contributed by atoms with E-state index in [1.165, 1.54) is 0 Å². The maximum absolute atomic E-state index is 12.2. The molecule has 0 aromatic heterocycles. The molecule has 0 heterocycles. The van der Waals surface area contributed by atoms with Crippen molar-refractivity contribution in [1.82, 2.24) is 0 Å². The summed E-state index contributed by atoms with van der Waals surface area (Å²) in [4.78, 5) is 0. The zero-order valence-electron chi connectivity index (χ0n) is 9.83. The van der Waals surface area contributed by atoms with Crippen molar-refractivity contribution >= 4 is 19.2 Å². The predicted octanol–water partition coefficient (Wildman–Crippen LogP) is 2.91. The highest BCUT2D eigenvalue weighted by atomic mass is 35.5. The molecular weight excluding hydrogens is 251 g/mol. The molecule has 0 amide bonds. The predicted molar refractivity (Wildman–Crippen MR) is 64.9 cm³/mol. The standard InChI is InChI=1S/C10H18ClO4P/c1-4-14-16(13,15-5-2)10(8-12)6-9(3)7-11/h12H,4-5,7-8H2,1-3H3. The second-order valence-corrected chi connectivity index (χ2v) is 5.30. The number of halogens is 1. The van der Waals surface area contributed by atoms with Crippen LogP contribution in [0.5, 0.6) is 0 Å². The zero-order valence-corrected chi connectivity index (χ0v) is 11.5. The average molecular weight is 269 g/mol. The minimum absolute atomic E-state index is 0.120. The van der Waals surface area contributed by atoms with Gasteiger partial charge in [-0.05, 0) is 26.3 Å².